The standard InChI is InChI=1S/C13H17N3O2/c1-8(2)9-3-5-10(6-4-9)12-15-13(18-16-12)11(14)7-17/h3-6,8,11,17H,7,14H2,1-2H3. The first-order chi connectivity index (χ1) is 8.61. The molecule has 0 aliphatic rings. The van der Waals surface area contributed by atoms with Gasteiger partial charge >= 0.3 is 0 Å². The van der Waals surface area contributed by atoms with Crippen molar-refractivity contribution < 1.29 is 9.63 Å². The fourth-order valence-corrected chi connectivity index (χ4v) is 1.60. The van der Waals surface area contributed by atoms with Crippen LogP contribution in [0.3, 0.4) is 0 Å². The molecule has 18 heavy (non-hydrogen) atoms. The summed E-state index contributed by atoms with van der Waals surface area (Å²) in [7, 11) is 0. The van der Waals surface area contributed by atoms with Crippen molar-refractivity contribution in [2.75, 3.05) is 6.61 Å². The molecule has 0 fully saturated rings. The first-order valence-electron chi connectivity index (χ1n) is 5.92. The van der Waals surface area contributed by atoms with Crippen LogP contribution in [0.4, 0.5) is 0 Å². The smallest absolute Gasteiger partial charge is 0.246 e. The van der Waals surface area contributed by atoms with Crippen LogP contribution in [0.1, 0.15) is 37.3 Å². The molecule has 0 amide bonds. The molecule has 0 bridgehead atoms. The van der Waals surface area contributed by atoms with Crippen LogP contribution >= 0.6 is 0 Å². The highest BCUT2D eigenvalue weighted by atomic mass is 16.5. The van der Waals surface area contributed by atoms with E-state index in [-0.39, 0.29) is 12.5 Å². The van der Waals surface area contributed by atoms with E-state index >= 15 is 0 Å². The maximum Gasteiger partial charge on any atom is 0.246 e. The highest BCUT2D eigenvalue weighted by Gasteiger charge is 2.14. The van der Waals surface area contributed by atoms with Gasteiger partial charge < -0.3 is 15.4 Å². The van der Waals surface area contributed by atoms with E-state index in [4.69, 9.17) is 15.4 Å². The fraction of sp³-hybridized carbons (Fsp3) is 0.385. The SMILES string of the molecule is CC(C)c1ccc(-c2noc(C(N)CO)n2)cc1. The molecular weight excluding hydrogens is 230 g/mol. The van der Waals surface area contributed by atoms with Gasteiger partial charge in [-0.2, -0.15) is 4.98 Å². The number of hydrogen-bond donors (Lipinski definition) is 2. The van der Waals surface area contributed by atoms with Crippen molar-refractivity contribution in [3.05, 3.63) is 35.7 Å². The monoisotopic (exact) mass is 247 g/mol. The van der Waals surface area contributed by atoms with Gasteiger partial charge in [0.1, 0.15) is 6.04 Å². The van der Waals surface area contributed by atoms with Gasteiger partial charge in [-0.25, -0.2) is 0 Å². The number of rotatable bonds is 4. The average molecular weight is 247 g/mol. The molecule has 0 spiro atoms. The molecule has 1 unspecified atom stereocenters. The molecule has 0 aliphatic heterocycles. The minimum absolute atomic E-state index is 0.214. The number of nitrogens with two attached hydrogens (primary N) is 1. The van der Waals surface area contributed by atoms with Gasteiger partial charge in [-0.3, -0.25) is 0 Å². The molecule has 2 aromatic rings. The summed E-state index contributed by atoms with van der Waals surface area (Å²) in [6, 6.07) is 7.37. The van der Waals surface area contributed by atoms with E-state index in [1.54, 1.807) is 0 Å². The molecule has 3 N–H and O–H groups in total. The Morgan fingerprint density at radius 2 is 1.94 bits per heavy atom. The summed E-state index contributed by atoms with van der Waals surface area (Å²) in [6.07, 6.45) is 0. The van der Waals surface area contributed by atoms with Crippen molar-refractivity contribution in [2.24, 2.45) is 5.73 Å². The summed E-state index contributed by atoms with van der Waals surface area (Å²) in [5.41, 5.74) is 7.74. The highest BCUT2D eigenvalue weighted by Crippen LogP contribution is 2.21. The maximum atomic E-state index is 8.91. The van der Waals surface area contributed by atoms with Gasteiger partial charge in [-0.05, 0) is 11.5 Å². The van der Waals surface area contributed by atoms with Crippen LogP contribution < -0.4 is 5.73 Å². The average Bonchev–Trinajstić information content (AvgIpc) is 2.87. The second-order valence-corrected chi connectivity index (χ2v) is 4.52. The number of benzene rings is 1. The lowest BCUT2D eigenvalue weighted by molar-refractivity contribution is 0.237. The summed E-state index contributed by atoms with van der Waals surface area (Å²) in [5.74, 6) is 1.23. The van der Waals surface area contributed by atoms with E-state index in [0.717, 1.165) is 5.56 Å². The summed E-state index contributed by atoms with van der Waals surface area (Å²) < 4.78 is 5.00. The van der Waals surface area contributed by atoms with Crippen LogP contribution in [-0.2, 0) is 0 Å². The Morgan fingerprint density at radius 3 is 2.50 bits per heavy atom. The van der Waals surface area contributed by atoms with Gasteiger partial charge in [0.15, 0.2) is 0 Å². The molecule has 0 saturated heterocycles. The van der Waals surface area contributed by atoms with Crippen LogP contribution in [0.2, 0.25) is 0 Å². The number of hydrogen-bond acceptors (Lipinski definition) is 5. The molecule has 5 nitrogen and oxygen atoms in total. The van der Waals surface area contributed by atoms with E-state index in [0.29, 0.717) is 11.7 Å². The van der Waals surface area contributed by atoms with Gasteiger partial charge in [0, 0.05) is 5.56 Å². The Balaban J connectivity index is 2.23. The zero-order chi connectivity index (χ0) is 13.1. The number of nitrogens with zero attached hydrogens (tertiary/aromatic N) is 2. The maximum absolute atomic E-state index is 8.91. The number of aliphatic hydroxyl groups is 1. The van der Waals surface area contributed by atoms with Gasteiger partial charge in [0.05, 0.1) is 6.61 Å². The molecule has 1 heterocycles. The largest absolute Gasteiger partial charge is 0.394 e. The topological polar surface area (TPSA) is 85.2 Å². The molecule has 1 aromatic heterocycles. The first kappa shape index (κ1) is 12.7. The third kappa shape index (κ3) is 2.57. The third-order valence-corrected chi connectivity index (χ3v) is 2.79. The van der Waals surface area contributed by atoms with E-state index in [9.17, 15) is 0 Å². The van der Waals surface area contributed by atoms with Crippen LogP contribution in [0.25, 0.3) is 11.4 Å². The predicted molar refractivity (Wildman–Crippen MR) is 67.8 cm³/mol. The Bertz CT molecular complexity index is 505. The normalized spacial score (nSPS) is 12.9. The minimum atomic E-state index is -0.624. The van der Waals surface area contributed by atoms with E-state index in [1.165, 1.54) is 5.56 Å². The zero-order valence-electron chi connectivity index (χ0n) is 10.5. The van der Waals surface area contributed by atoms with Gasteiger partial charge in [0.25, 0.3) is 0 Å². The van der Waals surface area contributed by atoms with Crippen LogP contribution in [0.15, 0.2) is 28.8 Å². The lowest BCUT2D eigenvalue weighted by Gasteiger charge is -2.04. The summed E-state index contributed by atoms with van der Waals surface area (Å²) >= 11 is 0. The van der Waals surface area contributed by atoms with Gasteiger partial charge in [0.2, 0.25) is 11.7 Å². The number of aliphatic hydroxyl groups excluding tert-OH is 1. The molecule has 96 valence electrons. The Kier molecular flexibility index (Phi) is 3.74. The van der Waals surface area contributed by atoms with Crippen molar-refractivity contribution in [2.45, 2.75) is 25.8 Å². The molecule has 0 saturated carbocycles. The molecule has 1 atom stereocenters. The van der Waals surface area contributed by atoms with Crippen molar-refractivity contribution in [3.63, 3.8) is 0 Å². The lowest BCUT2D eigenvalue weighted by atomic mass is 10.0. The summed E-state index contributed by atoms with van der Waals surface area (Å²) in [5, 5.41) is 12.8. The molecule has 5 heteroatoms. The Hall–Kier alpha value is -1.72. The van der Waals surface area contributed by atoms with Crippen LogP contribution in [0, 0.1) is 0 Å². The lowest BCUT2D eigenvalue weighted by Crippen LogP contribution is -2.14. The molecule has 2 rings (SSSR count). The van der Waals surface area contributed by atoms with E-state index in [1.807, 2.05) is 24.3 Å². The van der Waals surface area contributed by atoms with Crippen LogP contribution in [-0.4, -0.2) is 21.9 Å². The van der Waals surface area contributed by atoms with E-state index < -0.39 is 6.04 Å². The zero-order valence-corrected chi connectivity index (χ0v) is 10.5. The van der Waals surface area contributed by atoms with Gasteiger partial charge in [-0.1, -0.05) is 43.3 Å². The third-order valence-electron chi connectivity index (χ3n) is 2.79. The summed E-state index contributed by atoms with van der Waals surface area (Å²) in [6.45, 7) is 4.07. The van der Waals surface area contributed by atoms with Crippen molar-refractivity contribution in [3.8, 4) is 11.4 Å². The molecule has 1 aromatic carbocycles. The van der Waals surface area contributed by atoms with Gasteiger partial charge in [-0.15, -0.1) is 0 Å². The number of aromatic nitrogens is 2. The van der Waals surface area contributed by atoms with Crippen molar-refractivity contribution >= 4 is 0 Å². The van der Waals surface area contributed by atoms with Crippen molar-refractivity contribution in [1.29, 1.82) is 0 Å². The van der Waals surface area contributed by atoms with Crippen molar-refractivity contribution in [1.82, 2.24) is 10.1 Å². The molecule has 0 aliphatic carbocycles. The summed E-state index contributed by atoms with van der Waals surface area (Å²) in [4.78, 5) is 4.16. The fourth-order valence-electron chi connectivity index (χ4n) is 1.60. The quantitative estimate of drug-likeness (QED) is 0.861. The second kappa shape index (κ2) is 5.29. The Morgan fingerprint density at radius 1 is 1.28 bits per heavy atom. The predicted octanol–water partition coefficient (Wildman–Crippen LogP) is 1.85. The highest BCUT2D eigenvalue weighted by molar-refractivity contribution is 5.54. The van der Waals surface area contributed by atoms with Crippen LogP contribution in [0.5, 0.6) is 0 Å². The Labute approximate surface area is 106 Å². The minimum Gasteiger partial charge on any atom is -0.394 e. The second-order valence-electron chi connectivity index (χ2n) is 4.52. The van der Waals surface area contributed by atoms with E-state index in [2.05, 4.69) is 24.0 Å². The molecule has 0 radical (unpaired) electrons. The first-order valence-corrected chi connectivity index (χ1v) is 5.92. The molecular formula is C13H17N3O2.